The van der Waals surface area contributed by atoms with E-state index in [2.05, 4.69) is 5.10 Å². The predicted molar refractivity (Wildman–Crippen MR) is 88.7 cm³/mol. The Morgan fingerprint density at radius 3 is 2.54 bits per heavy atom. The molecule has 0 spiro atoms. The summed E-state index contributed by atoms with van der Waals surface area (Å²) in [5.41, 5.74) is 0.131. The molecule has 132 valence electrons. The molecular formula is C18H27N3O3. The molecule has 1 amide bonds. The monoisotopic (exact) mass is 333 g/mol. The van der Waals surface area contributed by atoms with Crippen molar-refractivity contribution in [2.75, 3.05) is 26.3 Å². The topological polar surface area (TPSA) is 67.6 Å². The number of nitrogens with zero attached hydrogens (tertiary/aromatic N) is 3. The molecule has 0 bridgehead atoms. The van der Waals surface area contributed by atoms with Crippen LogP contribution in [0.5, 0.6) is 0 Å². The number of aromatic nitrogens is 2. The van der Waals surface area contributed by atoms with E-state index >= 15 is 0 Å². The highest BCUT2D eigenvalue weighted by atomic mass is 16.5. The molecular weight excluding hydrogens is 306 g/mol. The minimum atomic E-state index is -0.546. The lowest BCUT2D eigenvalue weighted by Gasteiger charge is -2.46. The molecule has 0 atom stereocenters. The van der Waals surface area contributed by atoms with Crippen molar-refractivity contribution in [3.63, 3.8) is 0 Å². The van der Waals surface area contributed by atoms with Crippen LogP contribution in [-0.4, -0.2) is 57.6 Å². The first kappa shape index (κ1) is 16.1. The van der Waals surface area contributed by atoms with Gasteiger partial charge in [0.2, 0.25) is 0 Å². The van der Waals surface area contributed by atoms with Crippen molar-refractivity contribution < 1.29 is 14.6 Å². The van der Waals surface area contributed by atoms with E-state index in [1.807, 2.05) is 15.6 Å². The van der Waals surface area contributed by atoms with Crippen LogP contribution in [0, 0.1) is 5.92 Å². The number of hydrogen-bond donors (Lipinski definition) is 1. The Morgan fingerprint density at radius 2 is 1.92 bits per heavy atom. The van der Waals surface area contributed by atoms with Crippen LogP contribution in [0.25, 0.3) is 0 Å². The molecule has 1 saturated carbocycles. The van der Waals surface area contributed by atoms with Crippen molar-refractivity contribution in [1.82, 2.24) is 14.7 Å². The third-order valence-corrected chi connectivity index (χ3v) is 6.21. The van der Waals surface area contributed by atoms with Crippen LogP contribution < -0.4 is 0 Å². The number of carbonyl (C=O) groups excluding carboxylic acids is 1. The van der Waals surface area contributed by atoms with Crippen LogP contribution in [0.1, 0.15) is 61.5 Å². The van der Waals surface area contributed by atoms with Gasteiger partial charge in [-0.15, -0.1) is 0 Å². The fourth-order valence-electron chi connectivity index (χ4n) is 4.32. The Morgan fingerprint density at radius 1 is 1.21 bits per heavy atom. The Labute approximate surface area is 142 Å². The summed E-state index contributed by atoms with van der Waals surface area (Å²) in [6, 6.07) is 2.08. The van der Waals surface area contributed by atoms with E-state index in [0.717, 1.165) is 38.9 Å². The standard InChI is InChI=1S/C18H27N3O3/c22-17(16-4-9-19-21(16)15-5-12-24-13-6-15)20-10-7-18(23,8-11-20)14-2-1-3-14/h4,9,14-15,23H,1-3,5-8,10-13H2. The van der Waals surface area contributed by atoms with E-state index in [1.165, 1.54) is 6.42 Å². The van der Waals surface area contributed by atoms with Crippen LogP contribution in [-0.2, 0) is 4.74 Å². The number of piperidine rings is 1. The first-order valence-corrected chi connectivity index (χ1v) is 9.30. The van der Waals surface area contributed by atoms with Gasteiger partial charge in [0.15, 0.2) is 0 Å². The van der Waals surface area contributed by atoms with Gasteiger partial charge in [0.05, 0.1) is 11.6 Å². The van der Waals surface area contributed by atoms with Gasteiger partial charge < -0.3 is 14.7 Å². The van der Waals surface area contributed by atoms with Crippen LogP contribution in [0.4, 0.5) is 0 Å². The molecule has 1 aromatic heterocycles. The summed E-state index contributed by atoms with van der Waals surface area (Å²) in [5, 5.41) is 15.2. The van der Waals surface area contributed by atoms with E-state index in [0.29, 0.717) is 37.5 Å². The van der Waals surface area contributed by atoms with Gasteiger partial charge in [0.1, 0.15) is 5.69 Å². The Hall–Kier alpha value is -1.40. The molecule has 0 unspecified atom stereocenters. The molecule has 6 nitrogen and oxygen atoms in total. The number of likely N-dealkylation sites (tertiary alicyclic amines) is 1. The van der Waals surface area contributed by atoms with Gasteiger partial charge in [-0.1, -0.05) is 6.42 Å². The lowest BCUT2D eigenvalue weighted by Crippen LogP contribution is -2.52. The molecule has 0 aromatic carbocycles. The minimum absolute atomic E-state index is 0.0506. The minimum Gasteiger partial charge on any atom is -0.389 e. The van der Waals surface area contributed by atoms with Gasteiger partial charge in [-0.25, -0.2) is 0 Å². The van der Waals surface area contributed by atoms with E-state index < -0.39 is 5.60 Å². The van der Waals surface area contributed by atoms with Crippen molar-refractivity contribution in [3.05, 3.63) is 18.0 Å². The molecule has 1 N–H and O–H groups in total. The molecule has 24 heavy (non-hydrogen) atoms. The SMILES string of the molecule is O=C(c1ccnn1C1CCOCC1)N1CCC(O)(C2CCC2)CC1. The van der Waals surface area contributed by atoms with Crippen molar-refractivity contribution >= 4 is 5.91 Å². The van der Waals surface area contributed by atoms with E-state index in [9.17, 15) is 9.90 Å². The number of amides is 1. The molecule has 1 aromatic rings. The summed E-state index contributed by atoms with van der Waals surface area (Å²) >= 11 is 0. The summed E-state index contributed by atoms with van der Waals surface area (Å²) in [4.78, 5) is 14.8. The van der Waals surface area contributed by atoms with Crippen molar-refractivity contribution in [2.24, 2.45) is 5.92 Å². The second kappa shape index (κ2) is 6.48. The Balaban J connectivity index is 1.42. The highest BCUT2D eigenvalue weighted by Gasteiger charge is 2.43. The van der Waals surface area contributed by atoms with Gasteiger partial charge >= 0.3 is 0 Å². The smallest absolute Gasteiger partial charge is 0.272 e. The quantitative estimate of drug-likeness (QED) is 0.919. The second-order valence-corrected chi connectivity index (χ2v) is 7.53. The lowest BCUT2D eigenvalue weighted by molar-refractivity contribution is -0.0863. The molecule has 3 heterocycles. The molecule has 6 heteroatoms. The average molecular weight is 333 g/mol. The Bertz CT molecular complexity index is 582. The molecule has 2 saturated heterocycles. The van der Waals surface area contributed by atoms with Crippen LogP contribution in [0.15, 0.2) is 12.3 Å². The lowest BCUT2D eigenvalue weighted by atomic mass is 9.69. The van der Waals surface area contributed by atoms with Crippen molar-refractivity contribution in [2.45, 2.75) is 56.6 Å². The zero-order chi connectivity index (χ0) is 16.6. The molecule has 0 radical (unpaired) electrons. The highest BCUT2D eigenvalue weighted by molar-refractivity contribution is 5.92. The first-order valence-electron chi connectivity index (χ1n) is 9.30. The maximum Gasteiger partial charge on any atom is 0.272 e. The summed E-state index contributed by atoms with van der Waals surface area (Å²) in [6.45, 7) is 2.75. The first-order chi connectivity index (χ1) is 11.7. The number of rotatable bonds is 3. The fourth-order valence-corrected chi connectivity index (χ4v) is 4.32. The summed E-state index contributed by atoms with van der Waals surface area (Å²) < 4.78 is 7.30. The predicted octanol–water partition coefficient (Wildman–Crippen LogP) is 2.00. The number of ether oxygens (including phenoxy) is 1. The highest BCUT2D eigenvalue weighted by Crippen LogP contribution is 2.42. The molecule has 4 rings (SSSR count). The van der Waals surface area contributed by atoms with Crippen LogP contribution in [0.3, 0.4) is 0 Å². The van der Waals surface area contributed by atoms with E-state index in [-0.39, 0.29) is 11.9 Å². The third-order valence-electron chi connectivity index (χ3n) is 6.21. The van der Waals surface area contributed by atoms with Crippen molar-refractivity contribution in [3.8, 4) is 0 Å². The summed E-state index contributed by atoms with van der Waals surface area (Å²) in [7, 11) is 0. The van der Waals surface area contributed by atoms with Crippen LogP contribution >= 0.6 is 0 Å². The fraction of sp³-hybridized carbons (Fsp3) is 0.778. The summed E-state index contributed by atoms with van der Waals surface area (Å²) in [6.07, 6.45) is 8.45. The molecule has 3 fully saturated rings. The zero-order valence-electron chi connectivity index (χ0n) is 14.2. The molecule has 1 aliphatic carbocycles. The molecule has 3 aliphatic rings. The average Bonchev–Trinajstić information content (AvgIpc) is 3.03. The van der Waals surface area contributed by atoms with Gasteiger partial charge in [-0.05, 0) is 50.5 Å². The number of aliphatic hydroxyl groups is 1. The third kappa shape index (κ3) is 2.86. The Kier molecular flexibility index (Phi) is 4.35. The number of hydrogen-bond acceptors (Lipinski definition) is 4. The zero-order valence-corrected chi connectivity index (χ0v) is 14.2. The van der Waals surface area contributed by atoms with E-state index in [1.54, 1.807) is 6.20 Å². The number of carbonyl (C=O) groups is 1. The van der Waals surface area contributed by atoms with Gasteiger partial charge in [0, 0.05) is 32.5 Å². The largest absolute Gasteiger partial charge is 0.389 e. The van der Waals surface area contributed by atoms with Crippen molar-refractivity contribution in [1.29, 1.82) is 0 Å². The van der Waals surface area contributed by atoms with Gasteiger partial charge in [-0.3, -0.25) is 9.48 Å². The van der Waals surface area contributed by atoms with Gasteiger partial charge in [0.25, 0.3) is 5.91 Å². The van der Waals surface area contributed by atoms with E-state index in [4.69, 9.17) is 4.74 Å². The maximum absolute atomic E-state index is 12.9. The van der Waals surface area contributed by atoms with Crippen LogP contribution in [0.2, 0.25) is 0 Å². The van der Waals surface area contributed by atoms with Gasteiger partial charge in [-0.2, -0.15) is 5.10 Å². The normalized spacial score (nSPS) is 25.5. The molecule has 2 aliphatic heterocycles. The second-order valence-electron chi connectivity index (χ2n) is 7.53. The summed E-state index contributed by atoms with van der Waals surface area (Å²) in [5.74, 6) is 0.497. The maximum atomic E-state index is 12.9.